The second-order valence-electron chi connectivity index (χ2n) is 6.97. The van der Waals surface area contributed by atoms with Gasteiger partial charge in [0.25, 0.3) is 0 Å². The van der Waals surface area contributed by atoms with Crippen LogP contribution in [0.15, 0.2) is 42.3 Å². The van der Waals surface area contributed by atoms with Gasteiger partial charge in [0, 0.05) is 59.5 Å². The summed E-state index contributed by atoms with van der Waals surface area (Å²) in [6.45, 7) is 0.627. The van der Waals surface area contributed by atoms with E-state index in [0.29, 0.717) is 12.4 Å². The molecule has 0 atom stereocenters. The maximum Gasteiger partial charge on any atom is 0.228 e. The Morgan fingerprint density at radius 1 is 1.24 bits per heavy atom. The van der Waals surface area contributed by atoms with E-state index in [1.807, 2.05) is 35.4 Å². The molecular weight excluding hydrogens is 386 g/mol. The summed E-state index contributed by atoms with van der Waals surface area (Å²) in [5.41, 5.74) is 1.70. The van der Waals surface area contributed by atoms with Crippen molar-refractivity contribution in [3.05, 3.63) is 47.3 Å². The molecule has 1 aliphatic carbocycles. The Hall–Kier alpha value is -3.33. The van der Waals surface area contributed by atoms with Crippen LogP contribution in [0.2, 0.25) is 0 Å². The number of thiazole rings is 1. The second kappa shape index (κ2) is 7.25. The fourth-order valence-electron chi connectivity index (χ4n) is 3.24. The molecule has 0 unspecified atom stereocenters. The number of aromatic nitrogens is 5. The van der Waals surface area contributed by atoms with Gasteiger partial charge in [0.15, 0.2) is 0 Å². The lowest BCUT2D eigenvalue weighted by Crippen LogP contribution is -2.14. The van der Waals surface area contributed by atoms with Gasteiger partial charge in [-0.05, 0) is 25.0 Å². The molecular formula is C20H19N7OS. The lowest BCUT2D eigenvalue weighted by atomic mass is 10.1. The van der Waals surface area contributed by atoms with Crippen molar-refractivity contribution in [2.45, 2.75) is 19.4 Å². The number of carbonyl (C=O) groups is 1. The van der Waals surface area contributed by atoms with Crippen molar-refractivity contribution in [1.29, 1.82) is 0 Å². The van der Waals surface area contributed by atoms with Crippen LogP contribution >= 0.6 is 11.3 Å². The molecule has 1 saturated carbocycles. The van der Waals surface area contributed by atoms with Crippen molar-refractivity contribution in [2.75, 3.05) is 17.7 Å². The number of pyridine rings is 2. The number of anilines is 2. The van der Waals surface area contributed by atoms with E-state index in [9.17, 15) is 4.79 Å². The molecule has 4 heterocycles. The third kappa shape index (κ3) is 3.56. The van der Waals surface area contributed by atoms with Gasteiger partial charge in [-0.25, -0.2) is 15.0 Å². The summed E-state index contributed by atoms with van der Waals surface area (Å²) >= 11 is 1.60. The third-order valence-corrected chi connectivity index (χ3v) is 5.67. The van der Waals surface area contributed by atoms with Gasteiger partial charge in [-0.1, -0.05) is 0 Å². The number of amides is 1. The summed E-state index contributed by atoms with van der Waals surface area (Å²) in [5, 5.41) is 15.5. The fourth-order valence-corrected chi connectivity index (χ4v) is 3.85. The monoisotopic (exact) mass is 405 g/mol. The zero-order chi connectivity index (χ0) is 19.8. The quantitative estimate of drug-likeness (QED) is 0.510. The molecule has 1 fully saturated rings. The van der Waals surface area contributed by atoms with Crippen molar-refractivity contribution in [3.8, 4) is 11.3 Å². The maximum absolute atomic E-state index is 12.1. The maximum atomic E-state index is 12.1. The van der Waals surface area contributed by atoms with Gasteiger partial charge in [0.05, 0.1) is 12.2 Å². The van der Waals surface area contributed by atoms with Gasteiger partial charge < -0.3 is 10.6 Å². The molecule has 9 heteroatoms. The Balaban J connectivity index is 1.53. The molecule has 4 aromatic rings. The highest BCUT2D eigenvalue weighted by Crippen LogP contribution is 2.33. The topological polar surface area (TPSA) is 97.6 Å². The lowest BCUT2D eigenvalue weighted by molar-refractivity contribution is -0.117. The normalized spacial score (nSPS) is 13.6. The number of nitrogens with one attached hydrogen (secondary N) is 2. The zero-order valence-corrected chi connectivity index (χ0v) is 16.6. The second-order valence-corrected chi connectivity index (χ2v) is 7.95. The number of carbonyl (C=O) groups excluding carboxylic acids is 1. The van der Waals surface area contributed by atoms with Crippen LogP contribution in [0, 0.1) is 5.92 Å². The minimum absolute atomic E-state index is 0.0361. The summed E-state index contributed by atoms with van der Waals surface area (Å²) in [7, 11) is 1.83. The summed E-state index contributed by atoms with van der Waals surface area (Å²) in [6.07, 6.45) is 9.18. The molecule has 29 heavy (non-hydrogen) atoms. The SMILES string of the molecule is CNc1ncc(-c2ccn(Cc3nccs3)n2)c2cc(NC(=O)C3CC3)ncc12. The van der Waals surface area contributed by atoms with Gasteiger partial charge in [0.2, 0.25) is 5.91 Å². The molecule has 0 saturated heterocycles. The van der Waals surface area contributed by atoms with Crippen LogP contribution < -0.4 is 10.6 Å². The Kier molecular flexibility index (Phi) is 4.44. The Labute approximate surface area is 171 Å². The Morgan fingerprint density at radius 3 is 2.90 bits per heavy atom. The molecule has 2 N–H and O–H groups in total. The predicted molar refractivity (Wildman–Crippen MR) is 113 cm³/mol. The van der Waals surface area contributed by atoms with Crippen LogP contribution in [0.1, 0.15) is 17.8 Å². The van der Waals surface area contributed by atoms with Gasteiger partial charge in [-0.3, -0.25) is 9.48 Å². The number of hydrogen-bond acceptors (Lipinski definition) is 7. The molecule has 146 valence electrons. The molecule has 8 nitrogen and oxygen atoms in total. The first-order valence-electron chi connectivity index (χ1n) is 9.41. The van der Waals surface area contributed by atoms with Crippen molar-refractivity contribution >= 4 is 39.7 Å². The number of hydrogen-bond donors (Lipinski definition) is 2. The molecule has 0 aliphatic heterocycles. The van der Waals surface area contributed by atoms with Crippen LogP contribution in [0.3, 0.4) is 0 Å². The first kappa shape index (κ1) is 17.7. The van der Waals surface area contributed by atoms with Gasteiger partial charge in [-0.2, -0.15) is 5.10 Å². The van der Waals surface area contributed by atoms with Crippen molar-refractivity contribution in [1.82, 2.24) is 24.7 Å². The third-order valence-electron chi connectivity index (χ3n) is 4.91. The molecule has 5 rings (SSSR count). The van der Waals surface area contributed by atoms with Crippen molar-refractivity contribution in [3.63, 3.8) is 0 Å². The summed E-state index contributed by atoms with van der Waals surface area (Å²) in [6, 6.07) is 3.86. The zero-order valence-electron chi connectivity index (χ0n) is 15.8. The summed E-state index contributed by atoms with van der Waals surface area (Å²) < 4.78 is 1.86. The van der Waals surface area contributed by atoms with Crippen LogP contribution in [0.4, 0.5) is 11.6 Å². The Bertz CT molecular complexity index is 1180. The van der Waals surface area contributed by atoms with Gasteiger partial charge >= 0.3 is 0 Å². The lowest BCUT2D eigenvalue weighted by Gasteiger charge is -2.11. The van der Waals surface area contributed by atoms with E-state index in [-0.39, 0.29) is 11.8 Å². The Morgan fingerprint density at radius 2 is 2.14 bits per heavy atom. The molecule has 0 radical (unpaired) electrons. The highest BCUT2D eigenvalue weighted by Gasteiger charge is 2.29. The van der Waals surface area contributed by atoms with Crippen LogP contribution in [0.5, 0.6) is 0 Å². The standard InChI is InChI=1S/C20H19N7OS/c1-21-19-15-10-23-17(25-20(28)12-2-3-12)8-13(15)14(9-24-19)16-4-6-27(26-16)11-18-22-5-7-29-18/h4-10,12H,2-3,11H2,1H3,(H,21,24)(H,23,25,28). The van der Waals surface area contributed by atoms with Crippen molar-refractivity contribution in [2.24, 2.45) is 5.92 Å². The smallest absolute Gasteiger partial charge is 0.228 e. The van der Waals surface area contributed by atoms with Crippen LogP contribution in [-0.2, 0) is 11.3 Å². The molecule has 1 aliphatic rings. The van der Waals surface area contributed by atoms with E-state index in [0.717, 1.165) is 45.7 Å². The minimum Gasteiger partial charge on any atom is -0.373 e. The average molecular weight is 405 g/mol. The minimum atomic E-state index is 0.0361. The highest BCUT2D eigenvalue weighted by atomic mass is 32.1. The van der Waals surface area contributed by atoms with E-state index in [2.05, 4.69) is 25.6 Å². The molecule has 4 aromatic heterocycles. The number of rotatable bonds is 6. The molecule has 0 bridgehead atoms. The molecule has 1 amide bonds. The van der Waals surface area contributed by atoms with E-state index < -0.39 is 0 Å². The van der Waals surface area contributed by atoms with Crippen LogP contribution in [0.25, 0.3) is 22.0 Å². The van der Waals surface area contributed by atoms with Gasteiger partial charge in [0.1, 0.15) is 16.6 Å². The van der Waals surface area contributed by atoms with Crippen molar-refractivity contribution < 1.29 is 4.79 Å². The number of nitrogens with zero attached hydrogens (tertiary/aromatic N) is 5. The summed E-state index contributed by atoms with van der Waals surface area (Å²) in [4.78, 5) is 25.4. The largest absolute Gasteiger partial charge is 0.373 e. The molecule has 0 spiro atoms. The molecule has 0 aromatic carbocycles. The number of fused-ring (bicyclic) bond motifs is 1. The van der Waals surface area contributed by atoms with E-state index >= 15 is 0 Å². The van der Waals surface area contributed by atoms with E-state index in [1.54, 1.807) is 29.9 Å². The summed E-state index contributed by atoms with van der Waals surface area (Å²) in [5.74, 6) is 1.44. The first-order chi connectivity index (χ1) is 14.2. The van der Waals surface area contributed by atoms with Crippen LogP contribution in [-0.4, -0.2) is 37.7 Å². The highest BCUT2D eigenvalue weighted by molar-refractivity contribution is 7.09. The average Bonchev–Trinajstić information content (AvgIpc) is 3.29. The van der Waals surface area contributed by atoms with E-state index in [4.69, 9.17) is 5.10 Å². The fraction of sp³-hybridized carbons (Fsp3) is 0.250. The predicted octanol–water partition coefficient (Wildman–Crippen LogP) is 3.39. The van der Waals surface area contributed by atoms with E-state index in [1.165, 1.54) is 0 Å². The first-order valence-corrected chi connectivity index (χ1v) is 10.3. The van der Waals surface area contributed by atoms with Gasteiger partial charge in [-0.15, -0.1) is 11.3 Å².